The minimum atomic E-state index is -3.69. The van der Waals surface area contributed by atoms with Gasteiger partial charge in [-0.2, -0.15) is 0 Å². The lowest BCUT2D eigenvalue weighted by atomic mass is 10.2. The number of rotatable bonds is 5. The molecule has 0 bridgehead atoms. The van der Waals surface area contributed by atoms with Crippen molar-refractivity contribution in [3.63, 3.8) is 0 Å². The molecule has 0 spiro atoms. The first-order chi connectivity index (χ1) is 9.36. The highest BCUT2D eigenvalue weighted by Gasteiger charge is 2.09. The van der Waals surface area contributed by atoms with E-state index in [1.165, 1.54) is 24.3 Å². The molecule has 0 aromatic heterocycles. The lowest BCUT2D eigenvalue weighted by molar-refractivity contribution is 0.0955. The summed E-state index contributed by atoms with van der Waals surface area (Å²) < 4.78 is 21.8. The van der Waals surface area contributed by atoms with Crippen LogP contribution in [0.15, 0.2) is 29.2 Å². The predicted molar refractivity (Wildman–Crippen MR) is 80.0 cm³/mol. The van der Waals surface area contributed by atoms with Crippen molar-refractivity contribution in [2.45, 2.75) is 25.7 Å². The van der Waals surface area contributed by atoms with Gasteiger partial charge in [-0.05, 0) is 44.3 Å². The van der Waals surface area contributed by atoms with Crippen molar-refractivity contribution < 1.29 is 13.2 Å². The van der Waals surface area contributed by atoms with Crippen LogP contribution in [0.4, 0.5) is 0 Å². The van der Waals surface area contributed by atoms with Crippen molar-refractivity contribution in [2.24, 2.45) is 5.14 Å². The molecular formula is C13H23N3O3S. The summed E-state index contributed by atoms with van der Waals surface area (Å²) in [6, 6.07) is 5.45. The summed E-state index contributed by atoms with van der Waals surface area (Å²) >= 11 is 0. The van der Waals surface area contributed by atoms with E-state index in [0.717, 1.165) is 13.1 Å². The average Bonchev–Trinajstić information content (AvgIpc) is 2.40. The number of hydrogen-bond acceptors (Lipinski definition) is 4. The van der Waals surface area contributed by atoms with Crippen molar-refractivity contribution in [1.29, 1.82) is 0 Å². The van der Waals surface area contributed by atoms with Gasteiger partial charge in [-0.3, -0.25) is 4.79 Å². The van der Waals surface area contributed by atoms with Crippen LogP contribution in [-0.2, 0) is 10.0 Å². The molecule has 1 aromatic carbocycles. The van der Waals surface area contributed by atoms with E-state index in [0.29, 0.717) is 12.1 Å². The third kappa shape index (κ3) is 7.22. The zero-order chi connectivity index (χ0) is 15.6. The van der Waals surface area contributed by atoms with Gasteiger partial charge in [0.1, 0.15) is 0 Å². The molecule has 6 nitrogen and oxygen atoms in total. The Balaban J connectivity index is 0.000000621. The first kappa shape index (κ1) is 18.6. The number of amides is 1. The normalized spacial score (nSPS) is 10.4. The lowest BCUT2D eigenvalue weighted by Crippen LogP contribution is -2.22. The van der Waals surface area contributed by atoms with E-state index >= 15 is 0 Å². The zero-order valence-electron chi connectivity index (χ0n) is 12.1. The second-order valence-corrected chi connectivity index (χ2v) is 5.45. The maximum atomic E-state index is 11.3. The number of carbonyl (C=O) groups excluding carboxylic acids is 1. The van der Waals surface area contributed by atoms with E-state index in [1.807, 2.05) is 0 Å². The zero-order valence-corrected chi connectivity index (χ0v) is 13.0. The molecule has 0 fully saturated rings. The highest BCUT2D eigenvalue weighted by atomic mass is 32.2. The Hall–Kier alpha value is -1.44. The molecule has 1 amide bonds. The van der Waals surface area contributed by atoms with Crippen molar-refractivity contribution in [1.82, 2.24) is 10.6 Å². The Bertz CT molecular complexity index is 496. The SMILES string of the molecule is CCNC(=O)c1ccc(S(N)(=O)=O)cc1.CCNCC. The first-order valence-corrected chi connectivity index (χ1v) is 8.03. The van der Waals surface area contributed by atoms with Crippen molar-refractivity contribution >= 4 is 15.9 Å². The Kier molecular flexibility index (Phi) is 8.78. The Morgan fingerprint density at radius 2 is 1.55 bits per heavy atom. The predicted octanol–water partition coefficient (Wildman–Crippen LogP) is 0.700. The Labute approximate surface area is 120 Å². The van der Waals surface area contributed by atoms with E-state index in [2.05, 4.69) is 24.5 Å². The molecule has 1 aromatic rings. The molecule has 20 heavy (non-hydrogen) atoms. The monoisotopic (exact) mass is 301 g/mol. The summed E-state index contributed by atoms with van der Waals surface area (Å²) in [5.41, 5.74) is 0.407. The van der Waals surface area contributed by atoms with Gasteiger partial charge in [0.2, 0.25) is 10.0 Å². The van der Waals surface area contributed by atoms with Crippen LogP contribution < -0.4 is 15.8 Å². The second kappa shape index (κ2) is 9.46. The maximum Gasteiger partial charge on any atom is 0.251 e. The van der Waals surface area contributed by atoms with Gasteiger partial charge in [0, 0.05) is 12.1 Å². The van der Waals surface area contributed by atoms with Crippen LogP contribution in [0.1, 0.15) is 31.1 Å². The van der Waals surface area contributed by atoms with Gasteiger partial charge >= 0.3 is 0 Å². The van der Waals surface area contributed by atoms with Gasteiger partial charge in [0.25, 0.3) is 5.91 Å². The number of primary sulfonamides is 1. The fourth-order valence-electron chi connectivity index (χ4n) is 1.31. The van der Waals surface area contributed by atoms with Crippen LogP contribution in [0.3, 0.4) is 0 Å². The van der Waals surface area contributed by atoms with E-state index < -0.39 is 10.0 Å². The van der Waals surface area contributed by atoms with Crippen LogP contribution >= 0.6 is 0 Å². The highest BCUT2D eigenvalue weighted by molar-refractivity contribution is 7.89. The molecule has 114 valence electrons. The molecule has 0 aliphatic carbocycles. The third-order valence-electron chi connectivity index (χ3n) is 2.28. The third-order valence-corrected chi connectivity index (χ3v) is 3.21. The minimum Gasteiger partial charge on any atom is -0.352 e. The average molecular weight is 301 g/mol. The standard InChI is InChI=1S/C9H12N2O3S.C4H11N/c1-2-11-9(12)7-3-5-8(6-4-7)15(10,13)14;1-3-5-4-2/h3-6H,2H2,1H3,(H,11,12)(H2,10,13,14);5H,3-4H2,1-2H3. The second-order valence-electron chi connectivity index (χ2n) is 3.89. The number of nitrogens with two attached hydrogens (primary N) is 1. The molecule has 0 heterocycles. The van der Waals surface area contributed by atoms with Crippen LogP contribution in [0.25, 0.3) is 0 Å². The van der Waals surface area contributed by atoms with Gasteiger partial charge in [-0.25, -0.2) is 13.6 Å². The van der Waals surface area contributed by atoms with E-state index in [4.69, 9.17) is 5.14 Å². The van der Waals surface area contributed by atoms with E-state index in [-0.39, 0.29) is 10.8 Å². The summed E-state index contributed by atoms with van der Waals surface area (Å²) in [6.07, 6.45) is 0. The van der Waals surface area contributed by atoms with Crippen molar-refractivity contribution in [3.05, 3.63) is 29.8 Å². The number of carbonyl (C=O) groups is 1. The molecule has 0 saturated heterocycles. The topological polar surface area (TPSA) is 101 Å². The Morgan fingerprint density at radius 1 is 1.05 bits per heavy atom. The quantitative estimate of drug-likeness (QED) is 0.745. The van der Waals surface area contributed by atoms with Gasteiger partial charge in [0.15, 0.2) is 0 Å². The first-order valence-electron chi connectivity index (χ1n) is 6.48. The summed E-state index contributed by atoms with van der Waals surface area (Å²) in [5, 5.41) is 10.6. The van der Waals surface area contributed by atoms with Crippen LogP contribution in [0.5, 0.6) is 0 Å². The molecule has 7 heteroatoms. The Morgan fingerprint density at radius 3 is 1.85 bits per heavy atom. The molecule has 4 N–H and O–H groups in total. The summed E-state index contributed by atoms with van der Waals surface area (Å²) in [5.74, 6) is -0.238. The summed E-state index contributed by atoms with van der Waals surface area (Å²) in [4.78, 5) is 11.3. The molecule has 0 saturated carbocycles. The molecule has 0 unspecified atom stereocenters. The maximum absolute atomic E-state index is 11.3. The molecule has 0 aliphatic heterocycles. The molecule has 0 aliphatic rings. The number of nitrogens with one attached hydrogen (secondary N) is 2. The number of sulfonamides is 1. The van der Waals surface area contributed by atoms with Crippen molar-refractivity contribution in [2.75, 3.05) is 19.6 Å². The molecule has 0 atom stereocenters. The minimum absolute atomic E-state index is 0.00412. The van der Waals surface area contributed by atoms with Gasteiger partial charge < -0.3 is 10.6 Å². The molecule has 0 radical (unpaired) electrons. The fourth-order valence-corrected chi connectivity index (χ4v) is 1.82. The highest BCUT2D eigenvalue weighted by Crippen LogP contribution is 2.08. The van der Waals surface area contributed by atoms with Gasteiger partial charge in [-0.15, -0.1) is 0 Å². The van der Waals surface area contributed by atoms with Crippen molar-refractivity contribution in [3.8, 4) is 0 Å². The molecule has 1 rings (SSSR count). The summed E-state index contributed by atoms with van der Waals surface area (Å²) in [7, 11) is -3.69. The number of hydrogen-bond donors (Lipinski definition) is 3. The fraction of sp³-hybridized carbons (Fsp3) is 0.462. The number of benzene rings is 1. The summed E-state index contributed by atoms with van der Waals surface area (Å²) in [6.45, 7) is 8.71. The molecular weight excluding hydrogens is 278 g/mol. The van der Waals surface area contributed by atoms with Gasteiger partial charge in [0.05, 0.1) is 4.90 Å². The van der Waals surface area contributed by atoms with E-state index in [9.17, 15) is 13.2 Å². The lowest BCUT2D eigenvalue weighted by Gasteiger charge is -2.02. The smallest absolute Gasteiger partial charge is 0.251 e. The van der Waals surface area contributed by atoms with E-state index in [1.54, 1.807) is 6.92 Å². The van der Waals surface area contributed by atoms with Gasteiger partial charge in [-0.1, -0.05) is 13.8 Å². The van der Waals surface area contributed by atoms with Crippen LogP contribution in [0.2, 0.25) is 0 Å². The largest absolute Gasteiger partial charge is 0.352 e. The van der Waals surface area contributed by atoms with Crippen LogP contribution in [-0.4, -0.2) is 34.0 Å². The van der Waals surface area contributed by atoms with Crippen LogP contribution in [0, 0.1) is 0 Å².